The molecule has 2 amide bonds. The maximum atomic E-state index is 12.1. The fourth-order valence-electron chi connectivity index (χ4n) is 4.45. The molecule has 2 saturated heterocycles. The summed E-state index contributed by atoms with van der Waals surface area (Å²) in [6.45, 7) is 2.39. The zero-order valence-electron chi connectivity index (χ0n) is 17.1. The van der Waals surface area contributed by atoms with Gasteiger partial charge in [0.25, 0.3) is 11.1 Å². The number of anilines is 1. The first-order valence-corrected chi connectivity index (χ1v) is 11.4. The average molecular weight is 452 g/mol. The number of para-hydroxylation sites is 1. The van der Waals surface area contributed by atoms with Gasteiger partial charge >= 0.3 is 0 Å². The van der Waals surface area contributed by atoms with Gasteiger partial charge in [0.2, 0.25) is 0 Å². The number of ether oxygens (including phenoxy) is 1. The fraction of sp³-hybridized carbons (Fsp3) is 0.545. The van der Waals surface area contributed by atoms with Gasteiger partial charge in [-0.15, -0.1) is 12.4 Å². The molecule has 0 radical (unpaired) electrons. The molecule has 0 bridgehead atoms. The Labute approximate surface area is 188 Å². The minimum Gasteiger partial charge on any atom is -0.491 e. The fourth-order valence-corrected chi connectivity index (χ4v) is 5.12. The van der Waals surface area contributed by atoms with Crippen molar-refractivity contribution in [3.05, 3.63) is 28.7 Å². The Bertz CT molecular complexity index is 811. The van der Waals surface area contributed by atoms with Crippen LogP contribution in [0.1, 0.15) is 50.5 Å². The molecule has 3 fully saturated rings. The van der Waals surface area contributed by atoms with Crippen molar-refractivity contribution < 1.29 is 14.3 Å². The molecule has 1 aromatic rings. The second kappa shape index (κ2) is 10.6. The number of amides is 2. The van der Waals surface area contributed by atoms with E-state index in [9.17, 15) is 9.59 Å². The van der Waals surface area contributed by atoms with Gasteiger partial charge in [0, 0.05) is 24.7 Å². The highest BCUT2D eigenvalue weighted by Crippen LogP contribution is 2.38. The van der Waals surface area contributed by atoms with Crippen LogP contribution in [-0.4, -0.2) is 36.9 Å². The van der Waals surface area contributed by atoms with Gasteiger partial charge < -0.3 is 15.4 Å². The summed E-state index contributed by atoms with van der Waals surface area (Å²) in [4.78, 5) is 26.3. The number of rotatable bonds is 5. The molecule has 164 valence electrons. The molecule has 1 saturated carbocycles. The summed E-state index contributed by atoms with van der Waals surface area (Å²) in [5.41, 5.74) is 8.13. The van der Waals surface area contributed by atoms with E-state index in [0.29, 0.717) is 10.8 Å². The SMILES string of the molecule is Cl.NC1CCCN(c2c(/C=C3/SC(=O)NC3=O)cccc2OCC2CCCCC2)C1. The lowest BCUT2D eigenvalue weighted by molar-refractivity contribution is -0.115. The normalized spacial score (nSPS) is 24.0. The standard InChI is InChI=1S/C22H29N3O3S.ClH/c23-17-9-5-11-25(13-17)20-16(12-19-21(26)24-22(27)29-19)8-4-10-18(20)28-14-15-6-2-1-3-7-15;/h4,8,10,12,15,17H,1-3,5-7,9,11,13-14,23H2,(H,24,26,27);1H/b19-12+;. The summed E-state index contributed by atoms with van der Waals surface area (Å²) in [6, 6.07) is 6.07. The summed E-state index contributed by atoms with van der Waals surface area (Å²) < 4.78 is 6.33. The van der Waals surface area contributed by atoms with Crippen molar-refractivity contribution in [2.24, 2.45) is 11.7 Å². The molecule has 2 heterocycles. The van der Waals surface area contributed by atoms with Crippen molar-refractivity contribution in [1.29, 1.82) is 0 Å². The first-order valence-electron chi connectivity index (χ1n) is 10.6. The predicted molar refractivity (Wildman–Crippen MR) is 124 cm³/mol. The Hall–Kier alpha value is -1.70. The van der Waals surface area contributed by atoms with Gasteiger partial charge in [0.1, 0.15) is 5.75 Å². The van der Waals surface area contributed by atoms with Crippen LogP contribution in [0.2, 0.25) is 0 Å². The van der Waals surface area contributed by atoms with Gasteiger partial charge in [0.05, 0.1) is 17.2 Å². The number of benzene rings is 1. The number of piperidine rings is 1. The smallest absolute Gasteiger partial charge is 0.290 e. The van der Waals surface area contributed by atoms with Crippen LogP contribution in [0.5, 0.6) is 5.75 Å². The minimum atomic E-state index is -0.338. The van der Waals surface area contributed by atoms with Gasteiger partial charge in [-0.05, 0) is 55.5 Å². The van der Waals surface area contributed by atoms with E-state index in [0.717, 1.165) is 61.3 Å². The van der Waals surface area contributed by atoms with E-state index in [4.69, 9.17) is 10.5 Å². The van der Waals surface area contributed by atoms with Gasteiger partial charge in [-0.2, -0.15) is 0 Å². The van der Waals surface area contributed by atoms with E-state index >= 15 is 0 Å². The van der Waals surface area contributed by atoms with Gasteiger partial charge in [0.15, 0.2) is 0 Å². The largest absolute Gasteiger partial charge is 0.491 e. The van der Waals surface area contributed by atoms with Crippen LogP contribution >= 0.6 is 24.2 Å². The number of nitrogens with zero attached hydrogens (tertiary/aromatic N) is 1. The summed E-state index contributed by atoms with van der Waals surface area (Å²) in [5, 5.41) is 2.00. The molecule has 3 N–H and O–H groups in total. The number of carbonyl (C=O) groups is 2. The Morgan fingerprint density at radius 2 is 1.97 bits per heavy atom. The average Bonchev–Trinajstić information content (AvgIpc) is 3.04. The van der Waals surface area contributed by atoms with Gasteiger partial charge in [-0.25, -0.2) is 0 Å². The van der Waals surface area contributed by atoms with Crippen LogP contribution < -0.4 is 20.7 Å². The van der Waals surface area contributed by atoms with Gasteiger partial charge in [-0.3, -0.25) is 14.9 Å². The summed E-state index contributed by atoms with van der Waals surface area (Å²) >= 11 is 0.944. The number of hydrogen-bond acceptors (Lipinski definition) is 6. The molecule has 30 heavy (non-hydrogen) atoms. The second-order valence-corrected chi connectivity index (χ2v) is 9.22. The van der Waals surface area contributed by atoms with Crippen LogP contribution in [0.4, 0.5) is 10.5 Å². The molecule has 0 spiro atoms. The van der Waals surface area contributed by atoms with E-state index in [1.807, 2.05) is 18.2 Å². The maximum absolute atomic E-state index is 12.1. The van der Waals surface area contributed by atoms with Crippen molar-refractivity contribution in [3.63, 3.8) is 0 Å². The molecule has 1 atom stereocenters. The number of imide groups is 1. The van der Waals surface area contributed by atoms with Crippen molar-refractivity contribution in [1.82, 2.24) is 5.32 Å². The van der Waals surface area contributed by atoms with Crippen LogP contribution in [0.15, 0.2) is 23.1 Å². The number of hydrogen-bond donors (Lipinski definition) is 2. The predicted octanol–water partition coefficient (Wildman–Crippen LogP) is 4.32. The highest BCUT2D eigenvalue weighted by atomic mass is 35.5. The molecule has 0 aromatic heterocycles. The molecule has 3 aliphatic rings. The number of nitrogens with two attached hydrogens (primary N) is 1. The first kappa shape index (κ1) is 23.0. The quantitative estimate of drug-likeness (QED) is 0.648. The lowest BCUT2D eigenvalue weighted by Crippen LogP contribution is -2.43. The number of nitrogens with one attached hydrogen (secondary N) is 1. The number of halogens is 1. The monoisotopic (exact) mass is 451 g/mol. The summed E-state index contributed by atoms with van der Waals surface area (Å²) in [6.07, 6.45) is 10.2. The zero-order valence-corrected chi connectivity index (χ0v) is 18.7. The topological polar surface area (TPSA) is 84.7 Å². The highest BCUT2D eigenvalue weighted by Gasteiger charge is 2.27. The second-order valence-electron chi connectivity index (χ2n) is 8.21. The summed E-state index contributed by atoms with van der Waals surface area (Å²) in [7, 11) is 0. The third-order valence-electron chi connectivity index (χ3n) is 5.93. The Balaban J connectivity index is 0.00000256. The van der Waals surface area contributed by atoms with Crippen LogP contribution in [0, 0.1) is 5.92 Å². The van der Waals surface area contributed by atoms with E-state index in [-0.39, 0.29) is 29.6 Å². The molecule has 4 rings (SSSR count). The molecule has 1 aromatic carbocycles. The number of thioether (sulfide) groups is 1. The van der Waals surface area contributed by atoms with Crippen LogP contribution in [-0.2, 0) is 4.79 Å². The van der Waals surface area contributed by atoms with E-state index in [1.165, 1.54) is 32.1 Å². The molecular weight excluding hydrogens is 422 g/mol. The third kappa shape index (κ3) is 5.50. The maximum Gasteiger partial charge on any atom is 0.290 e. The Kier molecular flexibility index (Phi) is 8.08. The Morgan fingerprint density at radius 3 is 2.67 bits per heavy atom. The van der Waals surface area contributed by atoms with E-state index < -0.39 is 0 Å². The van der Waals surface area contributed by atoms with Crippen LogP contribution in [0.25, 0.3) is 6.08 Å². The number of carbonyl (C=O) groups excluding carboxylic acids is 2. The van der Waals surface area contributed by atoms with E-state index in [1.54, 1.807) is 6.08 Å². The third-order valence-corrected chi connectivity index (χ3v) is 6.74. The zero-order chi connectivity index (χ0) is 20.2. The molecule has 1 aliphatic carbocycles. The highest BCUT2D eigenvalue weighted by molar-refractivity contribution is 8.18. The molecule has 2 aliphatic heterocycles. The lowest BCUT2D eigenvalue weighted by Gasteiger charge is -2.35. The van der Waals surface area contributed by atoms with Crippen LogP contribution in [0.3, 0.4) is 0 Å². The Morgan fingerprint density at radius 1 is 1.17 bits per heavy atom. The van der Waals surface area contributed by atoms with Crippen molar-refractivity contribution >= 4 is 47.1 Å². The molecule has 1 unspecified atom stereocenters. The first-order chi connectivity index (χ1) is 14.1. The van der Waals surface area contributed by atoms with Gasteiger partial charge in [-0.1, -0.05) is 31.4 Å². The van der Waals surface area contributed by atoms with Crippen molar-refractivity contribution in [3.8, 4) is 5.75 Å². The van der Waals surface area contributed by atoms with E-state index in [2.05, 4.69) is 10.2 Å². The molecule has 8 heteroatoms. The molecular formula is C22H30ClN3O3S. The minimum absolute atomic E-state index is 0. The van der Waals surface area contributed by atoms with Crippen molar-refractivity contribution in [2.75, 3.05) is 24.6 Å². The lowest BCUT2D eigenvalue weighted by atomic mass is 9.90. The summed E-state index contributed by atoms with van der Waals surface area (Å²) in [5.74, 6) is 1.11. The van der Waals surface area contributed by atoms with Crippen molar-refractivity contribution in [2.45, 2.75) is 51.0 Å². The molecule has 6 nitrogen and oxygen atoms in total.